The van der Waals surface area contributed by atoms with Gasteiger partial charge in [0, 0.05) is 6.54 Å². The van der Waals surface area contributed by atoms with E-state index in [-0.39, 0.29) is 0 Å². The van der Waals surface area contributed by atoms with E-state index in [1.165, 1.54) is 7.05 Å². The zero-order valence-electron chi connectivity index (χ0n) is 13.3. The normalized spacial score (nSPS) is 9.50. The molecule has 0 amide bonds. The predicted octanol–water partition coefficient (Wildman–Crippen LogP) is 2.32. The first-order chi connectivity index (χ1) is 10.8. The summed E-state index contributed by atoms with van der Waals surface area (Å²) in [5, 5.41) is 0. The van der Waals surface area contributed by atoms with E-state index in [1.807, 2.05) is 42.5 Å². The van der Waals surface area contributed by atoms with E-state index in [1.54, 1.807) is 14.2 Å². The summed E-state index contributed by atoms with van der Waals surface area (Å²) in [6.45, 7) is 0.942. The third-order valence-electron chi connectivity index (χ3n) is 3.02. The van der Waals surface area contributed by atoms with E-state index in [0.29, 0.717) is 24.7 Å². The van der Waals surface area contributed by atoms with Gasteiger partial charge in [-0.05, 0) is 42.4 Å². The minimum Gasteiger partial charge on any atom is -0.497 e. The van der Waals surface area contributed by atoms with Crippen molar-refractivity contribution in [2.45, 2.75) is 13.2 Å². The Labute approximate surface area is 131 Å². The fourth-order valence-corrected chi connectivity index (χ4v) is 1.84. The first-order valence-electron chi connectivity index (χ1n) is 6.97. The topological polar surface area (TPSA) is 79.7 Å². The van der Waals surface area contributed by atoms with Crippen LogP contribution in [0.2, 0.25) is 0 Å². The Morgan fingerprint density at radius 2 is 1.45 bits per heavy atom. The molecule has 0 saturated heterocycles. The van der Waals surface area contributed by atoms with Gasteiger partial charge in [0.25, 0.3) is 0 Å². The van der Waals surface area contributed by atoms with Crippen LogP contribution in [0.4, 0.5) is 0 Å². The maximum Gasteiger partial charge on any atom is 0.161 e. The highest BCUT2D eigenvalue weighted by atomic mass is 16.5. The summed E-state index contributed by atoms with van der Waals surface area (Å²) in [5.74, 6) is 2.23. The molecule has 0 aromatic heterocycles. The minimum absolute atomic E-state index is 0.467. The number of hydrogen-bond acceptors (Lipinski definition) is 5. The van der Waals surface area contributed by atoms with Crippen LogP contribution in [0.15, 0.2) is 42.5 Å². The Bertz CT molecular complexity index is 556. The fraction of sp³-hybridized carbons (Fsp3) is 0.294. The molecule has 0 radical (unpaired) electrons. The molecule has 4 N–H and O–H groups in total. The molecule has 5 heteroatoms. The summed E-state index contributed by atoms with van der Waals surface area (Å²) in [7, 11) is 4.77. The van der Waals surface area contributed by atoms with Crippen molar-refractivity contribution in [3.8, 4) is 17.2 Å². The average molecular weight is 304 g/mol. The fourth-order valence-electron chi connectivity index (χ4n) is 1.84. The highest BCUT2D eigenvalue weighted by Gasteiger charge is 2.06. The van der Waals surface area contributed by atoms with Gasteiger partial charge in [-0.15, -0.1) is 0 Å². The van der Waals surface area contributed by atoms with Crippen molar-refractivity contribution in [3.63, 3.8) is 0 Å². The Kier molecular flexibility index (Phi) is 7.81. The lowest BCUT2D eigenvalue weighted by Gasteiger charge is -2.12. The average Bonchev–Trinajstić information content (AvgIpc) is 2.61. The van der Waals surface area contributed by atoms with Gasteiger partial charge in [0.15, 0.2) is 11.5 Å². The lowest BCUT2D eigenvalue weighted by molar-refractivity contribution is 0.284. The van der Waals surface area contributed by atoms with E-state index in [4.69, 9.17) is 19.9 Å². The molecule has 2 aromatic carbocycles. The molecule has 5 nitrogen and oxygen atoms in total. The van der Waals surface area contributed by atoms with E-state index in [2.05, 4.69) is 5.73 Å². The van der Waals surface area contributed by atoms with E-state index in [0.717, 1.165) is 16.9 Å². The molecule has 0 heterocycles. The molecule has 0 saturated carbocycles. The van der Waals surface area contributed by atoms with Crippen LogP contribution in [0.3, 0.4) is 0 Å². The van der Waals surface area contributed by atoms with Crippen LogP contribution < -0.4 is 25.7 Å². The Hall–Kier alpha value is -2.24. The number of methoxy groups -OCH3 is 2. The van der Waals surface area contributed by atoms with Gasteiger partial charge in [0.2, 0.25) is 0 Å². The molecule has 2 aromatic rings. The molecule has 0 atom stereocenters. The van der Waals surface area contributed by atoms with Crippen molar-refractivity contribution in [3.05, 3.63) is 53.6 Å². The van der Waals surface area contributed by atoms with Crippen LogP contribution in [0, 0.1) is 0 Å². The van der Waals surface area contributed by atoms with Crippen LogP contribution >= 0.6 is 0 Å². The molecule has 0 unspecified atom stereocenters. The summed E-state index contributed by atoms with van der Waals surface area (Å²) in [4.78, 5) is 0. The molecule has 0 aliphatic heterocycles. The maximum absolute atomic E-state index is 5.81. The van der Waals surface area contributed by atoms with Crippen LogP contribution in [0.1, 0.15) is 11.1 Å². The van der Waals surface area contributed by atoms with Crippen molar-refractivity contribution in [1.82, 2.24) is 0 Å². The van der Waals surface area contributed by atoms with Crippen molar-refractivity contribution in [2.75, 3.05) is 21.3 Å². The number of benzene rings is 2. The summed E-state index contributed by atoms with van der Waals surface area (Å²) in [5.41, 5.74) is 12.2. The molecule has 0 spiro atoms. The Balaban J connectivity index is 0.00000116. The van der Waals surface area contributed by atoms with E-state index in [9.17, 15) is 0 Å². The van der Waals surface area contributed by atoms with Crippen LogP contribution in [-0.2, 0) is 13.2 Å². The van der Waals surface area contributed by atoms with Gasteiger partial charge in [-0.1, -0.05) is 18.2 Å². The molecule has 2 rings (SSSR count). The Morgan fingerprint density at radius 1 is 0.818 bits per heavy atom. The molecular formula is C17H24N2O3. The van der Waals surface area contributed by atoms with Gasteiger partial charge >= 0.3 is 0 Å². The van der Waals surface area contributed by atoms with Crippen molar-refractivity contribution >= 4 is 0 Å². The van der Waals surface area contributed by atoms with Crippen LogP contribution in [0.25, 0.3) is 0 Å². The third-order valence-corrected chi connectivity index (χ3v) is 3.02. The maximum atomic E-state index is 5.81. The summed E-state index contributed by atoms with van der Waals surface area (Å²) >= 11 is 0. The minimum atomic E-state index is 0.467. The van der Waals surface area contributed by atoms with Gasteiger partial charge in [-0.25, -0.2) is 0 Å². The van der Waals surface area contributed by atoms with Gasteiger partial charge in [0.05, 0.1) is 14.2 Å². The highest BCUT2D eigenvalue weighted by Crippen LogP contribution is 2.28. The second-order valence-corrected chi connectivity index (χ2v) is 4.33. The first-order valence-corrected chi connectivity index (χ1v) is 6.97. The molecule has 0 aliphatic carbocycles. The van der Waals surface area contributed by atoms with Gasteiger partial charge in [0.1, 0.15) is 12.4 Å². The molecule has 0 bridgehead atoms. The van der Waals surface area contributed by atoms with Crippen LogP contribution in [0.5, 0.6) is 17.2 Å². The number of rotatable bonds is 6. The summed E-state index contributed by atoms with van der Waals surface area (Å²) in [6, 6.07) is 13.5. The first kappa shape index (κ1) is 17.8. The SMILES string of the molecule is CN.COc1ccc(COc2cc(CN)ccc2OC)cc1. The number of hydrogen-bond donors (Lipinski definition) is 2. The number of nitrogens with two attached hydrogens (primary N) is 2. The van der Waals surface area contributed by atoms with Gasteiger partial charge < -0.3 is 25.7 Å². The lowest BCUT2D eigenvalue weighted by Crippen LogP contribution is -2.01. The molecule has 0 fully saturated rings. The molecule has 22 heavy (non-hydrogen) atoms. The predicted molar refractivity (Wildman–Crippen MR) is 88.3 cm³/mol. The monoisotopic (exact) mass is 304 g/mol. The van der Waals surface area contributed by atoms with E-state index >= 15 is 0 Å². The molecule has 120 valence electrons. The van der Waals surface area contributed by atoms with Gasteiger partial charge in [-0.2, -0.15) is 0 Å². The Morgan fingerprint density at radius 3 is 2.00 bits per heavy atom. The highest BCUT2D eigenvalue weighted by molar-refractivity contribution is 5.43. The third kappa shape index (κ3) is 4.95. The molecule has 0 aliphatic rings. The lowest BCUT2D eigenvalue weighted by atomic mass is 10.2. The van der Waals surface area contributed by atoms with E-state index < -0.39 is 0 Å². The summed E-state index contributed by atoms with van der Waals surface area (Å²) in [6.07, 6.45) is 0. The summed E-state index contributed by atoms with van der Waals surface area (Å²) < 4.78 is 16.2. The smallest absolute Gasteiger partial charge is 0.161 e. The second kappa shape index (κ2) is 9.65. The van der Waals surface area contributed by atoms with Crippen molar-refractivity contribution in [1.29, 1.82) is 0 Å². The standard InChI is InChI=1S/C16H19NO3.CH5N/c1-18-14-6-3-12(4-7-14)11-20-16-9-13(10-17)5-8-15(16)19-2;1-2/h3-9H,10-11,17H2,1-2H3;2H2,1H3. The van der Waals surface area contributed by atoms with Gasteiger partial charge in [-0.3, -0.25) is 0 Å². The largest absolute Gasteiger partial charge is 0.497 e. The number of ether oxygens (including phenoxy) is 3. The van der Waals surface area contributed by atoms with Crippen molar-refractivity contribution < 1.29 is 14.2 Å². The second-order valence-electron chi connectivity index (χ2n) is 4.33. The van der Waals surface area contributed by atoms with Crippen molar-refractivity contribution in [2.24, 2.45) is 11.5 Å². The zero-order valence-corrected chi connectivity index (χ0v) is 13.3. The zero-order chi connectivity index (χ0) is 16.4. The van der Waals surface area contributed by atoms with Crippen LogP contribution in [-0.4, -0.2) is 21.3 Å². The quantitative estimate of drug-likeness (QED) is 0.856. The molecular weight excluding hydrogens is 280 g/mol.